The van der Waals surface area contributed by atoms with Crippen molar-refractivity contribution in [1.82, 2.24) is 5.32 Å². The van der Waals surface area contributed by atoms with Crippen LogP contribution in [0.25, 0.3) is 0 Å². The van der Waals surface area contributed by atoms with E-state index in [1.807, 2.05) is 12.1 Å². The normalized spacial score (nSPS) is 11.8. The third kappa shape index (κ3) is 6.22. The SMILES string of the molecule is CCCNCCC=C(C)Cc1ccc(F)cc1. The molecule has 0 aliphatic carbocycles. The van der Waals surface area contributed by atoms with Gasteiger partial charge in [0, 0.05) is 0 Å². The lowest BCUT2D eigenvalue weighted by atomic mass is 10.1. The number of allylic oxidation sites excluding steroid dienone is 1. The number of nitrogens with one attached hydrogen (secondary N) is 1. The molecule has 0 bridgehead atoms. The van der Waals surface area contributed by atoms with E-state index < -0.39 is 0 Å². The molecule has 0 radical (unpaired) electrons. The minimum Gasteiger partial charge on any atom is -0.316 e. The Kier molecular flexibility index (Phi) is 6.56. The molecule has 0 spiro atoms. The van der Waals surface area contributed by atoms with E-state index in [0.29, 0.717) is 0 Å². The Bertz CT molecular complexity index is 340. The van der Waals surface area contributed by atoms with Gasteiger partial charge in [0.25, 0.3) is 0 Å². The Morgan fingerprint density at radius 3 is 2.59 bits per heavy atom. The van der Waals surface area contributed by atoms with E-state index in [2.05, 4.69) is 25.2 Å². The van der Waals surface area contributed by atoms with Crippen LogP contribution in [0, 0.1) is 5.82 Å². The maximum Gasteiger partial charge on any atom is 0.123 e. The summed E-state index contributed by atoms with van der Waals surface area (Å²) in [6.07, 6.45) is 5.41. The minimum atomic E-state index is -0.167. The van der Waals surface area contributed by atoms with E-state index >= 15 is 0 Å². The van der Waals surface area contributed by atoms with Crippen molar-refractivity contribution in [2.45, 2.75) is 33.1 Å². The molecule has 17 heavy (non-hydrogen) atoms. The van der Waals surface area contributed by atoms with Crippen LogP contribution in [0.5, 0.6) is 0 Å². The zero-order valence-corrected chi connectivity index (χ0v) is 10.8. The minimum absolute atomic E-state index is 0.167. The second kappa shape index (κ2) is 8.02. The van der Waals surface area contributed by atoms with E-state index in [0.717, 1.165) is 25.9 Å². The molecule has 0 aliphatic rings. The smallest absolute Gasteiger partial charge is 0.123 e. The molecule has 0 heterocycles. The molecular weight excluding hydrogens is 213 g/mol. The molecule has 0 saturated heterocycles. The van der Waals surface area contributed by atoms with Gasteiger partial charge in [0.1, 0.15) is 5.82 Å². The Morgan fingerprint density at radius 2 is 1.94 bits per heavy atom. The third-order valence-electron chi connectivity index (χ3n) is 2.64. The van der Waals surface area contributed by atoms with Gasteiger partial charge in [-0.05, 0) is 57.0 Å². The first-order chi connectivity index (χ1) is 8.22. The second-order valence-electron chi connectivity index (χ2n) is 4.39. The van der Waals surface area contributed by atoms with Crippen molar-refractivity contribution in [3.8, 4) is 0 Å². The van der Waals surface area contributed by atoms with Crippen molar-refractivity contribution in [2.75, 3.05) is 13.1 Å². The van der Waals surface area contributed by atoms with Gasteiger partial charge in [0.15, 0.2) is 0 Å². The maximum atomic E-state index is 12.7. The molecule has 94 valence electrons. The number of halogens is 1. The Morgan fingerprint density at radius 1 is 1.24 bits per heavy atom. The highest BCUT2D eigenvalue weighted by Crippen LogP contribution is 2.09. The first-order valence-electron chi connectivity index (χ1n) is 6.33. The van der Waals surface area contributed by atoms with Gasteiger partial charge in [-0.2, -0.15) is 0 Å². The summed E-state index contributed by atoms with van der Waals surface area (Å²) in [7, 11) is 0. The van der Waals surface area contributed by atoms with Crippen LogP contribution < -0.4 is 5.32 Å². The van der Waals surface area contributed by atoms with E-state index in [1.54, 1.807) is 0 Å². The third-order valence-corrected chi connectivity index (χ3v) is 2.64. The molecule has 0 fully saturated rings. The standard InChI is InChI=1S/C15H22FN/c1-3-10-17-11-4-5-13(2)12-14-6-8-15(16)9-7-14/h5-9,17H,3-4,10-12H2,1-2H3. The van der Waals surface area contributed by atoms with E-state index in [-0.39, 0.29) is 5.82 Å². The molecule has 0 aliphatic heterocycles. The highest BCUT2D eigenvalue weighted by molar-refractivity contribution is 5.21. The molecule has 0 saturated carbocycles. The first-order valence-corrected chi connectivity index (χ1v) is 6.33. The zero-order valence-electron chi connectivity index (χ0n) is 10.8. The summed E-state index contributed by atoms with van der Waals surface area (Å²) in [5.41, 5.74) is 2.51. The molecule has 0 atom stereocenters. The summed E-state index contributed by atoms with van der Waals surface area (Å²) < 4.78 is 12.7. The number of rotatable bonds is 7. The fraction of sp³-hybridized carbons (Fsp3) is 0.467. The summed E-state index contributed by atoms with van der Waals surface area (Å²) in [5.74, 6) is -0.167. The average molecular weight is 235 g/mol. The van der Waals surface area contributed by atoms with Crippen molar-refractivity contribution in [1.29, 1.82) is 0 Å². The van der Waals surface area contributed by atoms with Gasteiger partial charge in [-0.1, -0.05) is 30.7 Å². The van der Waals surface area contributed by atoms with Gasteiger partial charge < -0.3 is 5.32 Å². The van der Waals surface area contributed by atoms with Crippen molar-refractivity contribution in [3.63, 3.8) is 0 Å². The van der Waals surface area contributed by atoms with Crippen LogP contribution in [0.15, 0.2) is 35.9 Å². The van der Waals surface area contributed by atoms with Gasteiger partial charge in [-0.15, -0.1) is 0 Å². The molecule has 0 unspecified atom stereocenters. The number of hydrogen-bond donors (Lipinski definition) is 1. The van der Waals surface area contributed by atoms with Gasteiger partial charge in [-0.3, -0.25) is 0 Å². The van der Waals surface area contributed by atoms with Crippen molar-refractivity contribution in [2.24, 2.45) is 0 Å². The molecule has 2 heteroatoms. The van der Waals surface area contributed by atoms with E-state index in [1.165, 1.54) is 29.7 Å². The maximum absolute atomic E-state index is 12.7. The summed E-state index contributed by atoms with van der Waals surface area (Å²) >= 11 is 0. The molecule has 1 N–H and O–H groups in total. The average Bonchev–Trinajstić information content (AvgIpc) is 2.32. The number of benzene rings is 1. The van der Waals surface area contributed by atoms with E-state index in [9.17, 15) is 4.39 Å². The zero-order chi connectivity index (χ0) is 12.5. The topological polar surface area (TPSA) is 12.0 Å². The van der Waals surface area contributed by atoms with Gasteiger partial charge >= 0.3 is 0 Å². The summed E-state index contributed by atoms with van der Waals surface area (Å²) in [5, 5.41) is 3.37. The molecule has 1 nitrogen and oxygen atoms in total. The summed E-state index contributed by atoms with van der Waals surface area (Å²) in [4.78, 5) is 0. The van der Waals surface area contributed by atoms with Crippen LogP contribution in [-0.4, -0.2) is 13.1 Å². The molecule has 1 aromatic carbocycles. The van der Waals surface area contributed by atoms with Gasteiger partial charge in [0.05, 0.1) is 0 Å². The first kappa shape index (κ1) is 13.9. The Hall–Kier alpha value is -1.15. The van der Waals surface area contributed by atoms with Crippen LogP contribution >= 0.6 is 0 Å². The highest BCUT2D eigenvalue weighted by Gasteiger charge is 1.95. The predicted octanol–water partition coefficient (Wildman–Crippen LogP) is 3.70. The van der Waals surface area contributed by atoms with Gasteiger partial charge in [-0.25, -0.2) is 4.39 Å². The highest BCUT2D eigenvalue weighted by atomic mass is 19.1. The molecule has 0 aromatic heterocycles. The monoisotopic (exact) mass is 235 g/mol. The van der Waals surface area contributed by atoms with Crippen molar-refractivity contribution < 1.29 is 4.39 Å². The lowest BCUT2D eigenvalue weighted by Gasteiger charge is -2.03. The van der Waals surface area contributed by atoms with Crippen LogP contribution in [0.3, 0.4) is 0 Å². The molecule has 0 amide bonds. The van der Waals surface area contributed by atoms with Gasteiger partial charge in [0.2, 0.25) is 0 Å². The molecular formula is C15H22FN. The van der Waals surface area contributed by atoms with Crippen LogP contribution in [0.2, 0.25) is 0 Å². The fourth-order valence-electron chi connectivity index (χ4n) is 1.72. The van der Waals surface area contributed by atoms with E-state index in [4.69, 9.17) is 0 Å². The molecule has 1 rings (SSSR count). The second-order valence-corrected chi connectivity index (χ2v) is 4.39. The lowest BCUT2D eigenvalue weighted by Crippen LogP contribution is -2.15. The summed E-state index contributed by atoms with van der Waals surface area (Å²) in [6, 6.07) is 6.74. The van der Waals surface area contributed by atoms with Crippen LogP contribution in [0.4, 0.5) is 4.39 Å². The van der Waals surface area contributed by atoms with Crippen LogP contribution in [0.1, 0.15) is 32.3 Å². The predicted molar refractivity (Wildman–Crippen MR) is 71.6 cm³/mol. The lowest BCUT2D eigenvalue weighted by molar-refractivity contribution is 0.627. The van der Waals surface area contributed by atoms with Crippen molar-refractivity contribution in [3.05, 3.63) is 47.3 Å². The van der Waals surface area contributed by atoms with Crippen molar-refractivity contribution >= 4 is 0 Å². The Balaban J connectivity index is 2.30. The quantitative estimate of drug-likeness (QED) is 0.561. The number of hydrogen-bond acceptors (Lipinski definition) is 1. The molecule has 1 aromatic rings. The fourth-order valence-corrected chi connectivity index (χ4v) is 1.72. The largest absolute Gasteiger partial charge is 0.316 e. The Labute approximate surface area is 104 Å². The van der Waals surface area contributed by atoms with Crippen LogP contribution in [-0.2, 0) is 6.42 Å². The summed E-state index contributed by atoms with van der Waals surface area (Å²) in [6.45, 7) is 6.42.